The molecule has 0 saturated carbocycles. The number of carbonyl (C=O) groups excluding carboxylic acids is 1. The van der Waals surface area contributed by atoms with E-state index < -0.39 is 4.84 Å². The van der Waals surface area contributed by atoms with Crippen molar-refractivity contribution in [3.05, 3.63) is 55.6 Å². The van der Waals surface area contributed by atoms with E-state index in [1.54, 1.807) is 12.2 Å². The molecule has 0 saturated heterocycles. The maximum atomic E-state index is 12.4. The molecule has 4 heteroatoms. The van der Waals surface area contributed by atoms with Crippen LogP contribution in [0, 0.1) is 0 Å². The molecule has 0 aliphatic carbocycles. The molecule has 0 aliphatic heterocycles. The van der Waals surface area contributed by atoms with E-state index in [9.17, 15) is 4.79 Å². The summed E-state index contributed by atoms with van der Waals surface area (Å²) in [5.74, 6) is -0.274. The number of rotatable bonds is 6. The van der Waals surface area contributed by atoms with Crippen LogP contribution in [0.5, 0.6) is 0 Å². The van der Waals surface area contributed by atoms with Gasteiger partial charge in [0.25, 0.3) is 0 Å². The number of alkyl halides is 2. The second-order valence-corrected chi connectivity index (χ2v) is 4.98. The lowest BCUT2D eigenvalue weighted by molar-refractivity contribution is -0.127. The minimum atomic E-state index is -1.08. The molecule has 1 aromatic carbocycles. The SMILES string of the molecule is C=CC[N+](CC=C)(C(=O)C(Cl)Cl)c1ccccc1. The quantitative estimate of drug-likeness (QED) is 0.442. The van der Waals surface area contributed by atoms with Crippen LogP contribution in [0.4, 0.5) is 5.69 Å². The summed E-state index contributed by atoms with van der Waals surface area (Å²) in [5, 5.41) is 0. The smallest absolute Gasteiger partial charge is 0.227 e. The van der Waals surface area contributed by atoms with Crippen LogP contribution in [-0.2, 0) is 4.79 Å². The molecule has 0 fully saturated rings. The Hall–Kier alpha value is -1.09. The van der Waals surface area contributed by atoms with Gasteiger partial charge in [-0.15, -0.1) is 0 Å². The Morgan fingerprint density at radius 1 is 1.17 bits per heavy atom. The lowest BCUT2D eigenvalue weighted by atomic mass is 10.2. The van der Waals surface area contributed by atoms with E-state index in [0.29, 0.717) is 13.1 Å². The molecule has 18 heavy (non-hydrogen) atoms. The maximum Gasteiger partial charge on any atom is 0.352 e. The summed E-state index contributed by atoms with van der Waals surface area (Å²) < 4.78 is 0.00546. The van der Waals surface area contributed by atoms with Crippen LogP contribution >= 0.6 is 23.2 Å². The topological polar surface area (TPSA) is 17.1 Å². The number of hydrogen-bond donors (Lipinski definition) is 0. The summed E-state index contributed by atoms with van der Waals surface area (Å²) in [6.45, 7) is 8.26. The second-order valence-electron chi connectivity index (χ2n) is 3.88. The van der Waals surface area contributed by atoms with Crippen molar-refractivity contribution in [2.45, 2.75) is 4.84 Å². The molecule has 1 amide bonds. The molecular weight excluding hydrogens is 269 g/mol. The fourth-order valence-electron chi connectivity index (χ4n) is 1.93. The summed E-state index contributed by atoms with van der Waals surface area (Å²) in [6, 6.07) is 9.39. The third-order valence-corrected chi connectivity index (χ3v) is 3.11. The average Bonchev–Trinajstić information content (AvgIpc) is 2.38. The summed E-state index contributed by atoms with van der Waals surface area (Å²) in [7, 11) is 0. The van der Waals surface area contributed by atoms with Crippen molar-refractivity contribution < 1.29 is 4.79 Å². The van der Waals surface area contributed by atoms with Gasteiger partial charge in [0.2, 0.25) is 4.84 Å². The lowest BCUT2D eigenvalue weighted by Gasteiger charge is -2.33. The first-order chi connectivity index (χ1) is 8.58. The monoisotopic (exact) mass is 284 g/mol. The Balaban J connectivity index is 3.33. The number of para-hydroxylation sites is 1. The number of carbonyl (C=O) groups is 1. The van der Waals surface area contributed by atoms with Gasteiger partial charge in [-0.2, -0.15) is 0 Å². The minimum absolute atomic E-state index is 0.00546. The molecule has 1 aromatic rings. The van der Waals surface area contributed by atoms with Crippen LogP contribution < -0.4 is 4.48 Å². The normalized spacial score (nSPS) is 11.3. The Morgan fingerprint density at radius 2 is 1.67 bits per heavy atom. The molecule has 0 radical (unpaired) electrons. The highest BCUT2D eigenvalue weighted by Crippen LogP contribution is 2.27. The first kappa shape index (κ1) is 15.0. The molecule has 1 rings (SSSR count). The van der Waals surface area contributed by atoms with Crippen molar-refractivity contribution in [1.82, 2.24) is 4.48 Å². The molecule has 96 valence electrons. The van der Waals surface area contributed by atoms with Crippen molar-refractivity contribution in [2.75, 3.05) is 13.1 Å². The van der Waals surface area contributed by atoms with Gasteiger partial charge in [-0.3, -0.25) is 0 Å². The fraction of sp³-hybridized carbons (Fsp3) is 0.214. The Kier molecular flexibility index (Phi) is 5.60. The fourth-order valence-corrected chi connectivity index (χ4v) is 2.31. The largest absolute Gasteiger partial charge is 0.352 e. The van der Waals surface area contributed by atoms with E-state index in [1.807, 2.05) is 30.3 Å². The average molecular weight is 285 g/mol. The third kappa shape index (κ3) is 3.02. The third-order valence-electron chi connectivity index (χ3n) is 2.74. The molecule has 0 atom stereocenters. The van der Waals surface area contributed by atoms with Crippen LogP contribution in [0.2, 0.25) is 0 Å². The number of hydrogen-bond acceptors (Lipinski definition) is 1. The van der Waals surface area contributed by atoms with Crippen LogP contribution in [0.15, 0.2) is 55.6 Å². The van der Waals surface area contributed by atoms with Gasteiger partial charge in [-0.05, 0) is 24.3 Å². The molecular formula is C14H16Cl2NO+. The molecule has 2 nitrogen and oxygen atoms in total. The molecule has 0 bridgehead atoms. The first-order valence-corrected chi connectivity index (χ1v) is 6.43. The van der Waals surface area contributed by atoms with Gasteiger partial charge in [0.05, 0.1) is 0 Å². The number of halogens is 2. The summed E-state index contributed by atoms with van der Waals surface area (Å²) >= 11 is 11.5. The van der Waals surface area contributed by atoms with E-state index >= 15 is 0 Å². The maximum absolute atomic E-state index is 12.4. The van der Waals surface area contributed by atoms with Gasteiger partial charge in [0.15, 0.2) is 0 Å². The predicted octanol–water partition coefficient (Wildman–Crippen LogP) is 3.70. The van der Waals surface area contributed by atoms with Gasteiger partial charge in [-0.1, -0.05) is 54.6 Å². The molecule has 0 heterocycles. The van der Waals surface area contributed by atoms with E-state index in [4.69, 9.17) is 23.2 Å². The van der Waals surface area contributed by atoms with Crippen molar-refractivity contribution in [2.24, 2.45) is 0 Å². The number of nitrogens with zero attached hydrogens (tertiary/aromatic N) is 1. The Morgan fingerprint density at radius 3 is 2.06 bits per heavy atom. The van der Waals surface area contributed by atoms with Crippen LogP contribution in [0.3, 0.4) is 0 Å². The molecule has 0 aromatic heterocycles. The van der Waals surface area contributed by atoms with Gasteiger partial charge >= 0.3 is 5.91 Å². The van der Waals surface area contributed by atoms with Crippen molar-refractivity contribution in [3.8, 4) is 0 Å². The van der Waals surface area contributed by atoms with Crippen LogP contribution in [-0.4, -0.2) is 23.8 Å². The standard InChI is InChI=1S/C14H16Cl2NO/c1-3-10-17(11-4-2,14(18)13(15)16)12-8-6-5-7-9-12/h3-9,13H,1-2,10-11H2/q+1. The van der Waals surface area contributed by atoms with E-state index in [0.717, 1.165) is 5.69 Å². The van der Waals surface area contributed by atoms with E-state index in [1.165, 1.54) is 0 Å². The second kappa shape index (κ2) is 6.74. The van der Waals surface area contributed by atoms with Crippen LogP contribution in [0.1, 0.15) is 0 Å². The van der Waals surface area contributed by atoms with Crippen molar-refractivity contribution in [3.63, 3.8) is 0 Å². The summed E-state index contributed by atoms with van der Waals surface area (Å²) in [4.78, 5) is 11.3. The highest BCUT2D eigenvalue weighted by atomic mass is 35.5. The van der Waals surface area contributed by atoms with Crippen LogP contribution in [0.25, 0.3) is 0 Å². The van der Waals surface area contributed by atoms with Gasteiger partial charge < -0.3 is 0 Å². The van der Waals surface area contributed by atoms with Crippen molar-refractivity contribution >= 4 is 34.8 Å². The zero-order chi connectivity index (χ0) is 13.6. The van der Waals surface area contributed by atoms with Gasteiger partial charge in [0.1, 0.15) is 18.8 Å². The zero-order valence-corrected chi connectivity index (χ0v) is 11.6. The molecule has 0 N–H and O–H groups in total. The molecule has 0 unspecified atom stereocenters. The number of amides is 1. The van der Waals surface area contributed by atoms with Crippen molar-refractivity contribution in [1.29, 1.82) is 0 Å². The Labute approximate surface area is 118 Å². The number of quaternary nitrogens is 1. The zero-order valence-electron chi connectivity index (χ0n) is 10.1. The van der Waals surface area contributed by atoms with Gasteiger partial charge in [0, 0.05) is 0 Å². The predicted molar refractivity (Wildman–Crippen MR) is 78.9 cm³/mol. The summed E-state index contributed by atoms with van der Waals surface area (Å²) in [6.07, 6.45) is 3.37. The van der Waals surface area contributed by atoms with E-state index in [-0.39, 0.29) is 10.4 Å². The Bertz CT molecular complexity index is 419. The minimum Gasteiger partial charge on any atom is -0.227 e. The van der Waals surface area contributed by atoms with E-state index in [2.05, 4.69) is 13.2 Å². The first-order valence-electron chi connectivity index (χ1n) is 5.55. The highest BCUT2D eigenvalue weighted by Gasteiger charge is 2.40. The van der Waals surface area contributed by atoms with Gasteiger partial charge in [-0.25, -0.2) is 9.28 Å². The summed E-state index contributed by atoms with van der Waals surface area (Å²) in [5.41, 5.74) is 0.827. The number of benzene rings is 1. The lowest BCUT2D eigenvalue weighted by Crippen LogP contribution is -2.56. The highest BCUT2D eigenvalue weighted by molar-refractivity contribution is 6.54. The molecule has 0 spiro atoms. The molecule has 0 aliphatic rings.